The van der Waals surface area contributed by atoms with Gasteiger partial charge in [-0.15, -0.1) is 0 Å². The second-order valence-electron chi connectivity index (χ2n) is 9.29. The predicted octanol–water partition coefficient (Wildman–Crippen LogP) is 6.23. The van der Waals surface area contributed by atoms with Crippen molar-refractivity contribution >= 4 is 11.5 Å². The molecule has 0 unspecified atom stereocenters. The van der Waals surface area contributed by atoms with Gasteiger partial charge in [0.15, 0.2) is 17.3 Å². The van der Waals surface area contributed by atoms with Gasteiger partial charge >= 0.3 is 0 Å². The minimum Gasteiger partial charge on any atom is -0.503 e. The molecule has 1 amide bonds. The van der Waals surface area contributed by atoms with Crippen LogP contribution in [0.25, 0.3) is 5.57 Å². The number of ether oxygens (including phenoxy) is 2. The highest BCUT2D eigenvalue weighted by atomic mass is 16.5. The largest absolute Gasteiger partial charge is 0.503 e. The number of amides is 1. The lowest BCUT2D eigenvalue weighted by molar-refractivity contribution is -0.129. The van der Waals surface area contributed by atoms with Crippen molar-refractivity contribution in [1.29, 1.82) is 0 Å². The molecule has 5 nitrogen and oxygen atoms in total. The Kier molecular flexibility index (Phi) is 7.15. The standard InChI is InChI=1S/C30H33NO4/c1-19(2)22-11-13-24(14-12-22)28-27(23-9-6-20(3)7-10-23)29(32)30(33)31(28)17-16-21-8-15-25(34-4)26(18-21)35-5/h6-15,18-19,28,32H,16-17H2,1-5H3/t28-/m1/s1. The monoisotopic (exact) mass is 471 g/mol. The fourth-order valence-electron chi connectivity index (χ4n) is 4.61. The molecular weight excluding hydrogens is 438 g/mol. The number of hydrogen-bond acceptors (Lipinski definition) is 4. The van der Waals surface area contributed by atoms with Gasteiger partial charge in [0.2, 0.25) is 0 Å². The lowest BCUT2D eigenvalue weighted by atomic mass is 9.91. The zero-order chi connectivity index (χ0) is 25.1. The summed E-state index contributed by atoms with van der Waals surface area (Å²) in [5, 5.41) is 11.0. The first kappa shape index (κ1) is 24.4. The Morgan fingerprint density at radius 2 is 1.57 bits per heavy atom. The number of aliphatic hydroxyl groups excluding tert-OH is 1. The maximum absolute atomic E-state index is 13.3. The summed E-state index contributed by atoms with van der Waals surface area (Å²) in [7, 11) is 3.22. The summed E-state index contributed by atoms with van der Waals surface area (Å²) in [6.45, 7) is 6.79. The van der Waals surface area contributed by atoms with Crippen LogP contribution in [-0.4, -0.2) is 36.7 Å². The van der Waals surface area contributed by atoms with E-state index in [9.17, 15) is 9.90 Å². The number of nitrogens with zero attached hydrogens (tertiary/aromatic N) is 1. The van der Waals surface area contributed by atoms with Crippen LogP contribution in [0.1, 0.15) is 53.6 Å². The van der Waals surface area contributed by atoms with Gasteiger partial charge in [-0.3, -0.25) is 4.79 Å². The zero-order valence-electron chi connectivity index (χ0n) is 21.0. The van der Waals surface area contributed by atoms with E-state index >= 15 is 0 Å². The molecule has 182 valence electrons. The number of rotatable bonds is 8. The summed E-state index contributed by atoms with van der Waals surface area (Å²) in [5.74, 6) is 1.20. The van der Waals surface area contributed by atoms with Crippen LogP contribution in [-0.2, 0) is 11.2 Å². The maximum Gasteiger partial charge on any atom is 0.289 e. The predicted molar refractivity (Wildman–Crippen MR) is 139 cm³/mol. The summed E-state index contributed by atoms with van der Waals surface area (Å²) in [6, 6.07) is 21.7. The van der Waals surface area contributed by atoms with Crippen LogP contribution in [0, 0.1) is 6.92 Å². The van der Waals surface area contributed by atoms with Crippen LogP contribution < -0.4 is 9.47 Å². The van der Waals surface area contributed by atoms with Crippen LogP contribution in [0.4, 0.5) is 0 Å². The Labute approximate surface area is 207 Å². The molecule has 0 aromatic heterocycles. The van der Waals surface area contributed by atoms with Crippen molar-refractivity contribution in [3.05, 3.63) is 100 Å². The van der Waals surface area contributed by atoms with Gasteiger partial charge in [-0.05, 0) is 53.6 Å². The van der Waals surface area contributed by atoms with Crippen LogP contribution in [0.2, 0.25) is 0 Å². The molecule has 0 saturated carbocycles. The molecule has 0 spiro atoms. The van der Waals surface area contributed by atoms with Crippen molar-refractivity contribution < 1.29 is 19.4 Å². The number of benzene rings is 3. The molecule has 1 aliphatic rings. The number of aliphatic hydroxyl groups is 1. The van der Waals surface area contributed by atoms with E-state index in [0.29, 0.717) is 36.0 Å². The topological polar surface area (TPSA) is 59.0 Å². The van der Waals surface area contributed by atoms with E-state index in [4.69, 9.17) is 9.47 Å². The number of aryl methyl sites for hydroxylation is 1. The van der Waals surface area contributed by atoms with E-state index < -0.39 is 0 Å². The average molecular weight is 472 g/mol. The minimum absolute atomic E-state index is 0.181. The van der Waals surface area contributed by atoms with Crippen molar-refractivity contribution in [2.75, 3.05) is 20.8 Å². The Morgan fingerprint density at radius 3 is 2.17 bits per heavy atom. The molecule has 0 aliphatic carbocycles. The molecule has 3 aromatic rings. The first-order valence-corrected chi connectivity index (χ1v) is 12.0. The van der Waals surface area contributed by atoms with E-state index in [1.165, 1.54) is 5.56 Å². The molecule has 4 rings (SSSR count). The van der Waals surface area contributed by atoms with E-state index in [2.05, 4.69) is 38.1 Å². The second-order valence-corrected chi connectivity index (χ2v) is 9.29. The van der Waals surface area contributed by atoms with Crippen molar-refractivity contribution in [2.45, 2.75) is 39.2 Å². The van der Waals surface area contributed by atoms with Gasteiger partial charge in [-0.2, -0.15) is 0 Å². The molecule has 1 aliphatic heterocycles. The Hall–Kier alpha value is -3.73. The molecule has 0 saturated heterocycles. The lowest BCUT2D eigenvalue weighted by Gasteiger charge is -2.28. The average Bonchev–Trinajstić information content (AvgIpc) is 3.12. The number of carbonyl (C=O) groups excluding carboxylic acids is 1. The van der Waals surface area contributed by atoms with E-state index in [-0.39, 0.29) is 17.7 Å². The van der Waals surface area contributed by atoms with Crippen molar-refractivity contribution in [1.82, 2.24) is 4.90 Å². The third-order valence-electron chi connectivity index (χ3n) is 6.67. The van der Waals surface area contributed by atoms with Gasteiger partial charge in [0.25, 0.3) is 5.91 Å². The van der Waals surface area contributed by atoms with Crippen LogP contribution in [0.15, 0.2) is 72.5 Å². The quantitative estimate of drug-likeness (QED) is 0.423. The zero-order valence-corrected chi connectivity index (χ0v) is 21.0. The van der Waals surface area contributed by atoms with Gasteiger partial charge in [-0.1, -0.05) is 74.0 Å². The molecule has 0 radical (unpaired) electrons. The molecular formula is C30H33NO4. The first-order valence-electron chi connectivity index (χ1n) is 12.0. The van der Waals surface area contributed by atoms with Gasteiger partial charge in [-0.25, -0.2) is 0 Å². The third-order valence-corrected chi connectivity index (χ3v) is 6.67. The van der Waals surface area contributed by atoms with Crippen LogP contribution >= 0.6 is 0 Å². The van der Waals surface area contributed by atoms with Crippen LogP contribution in [0.5, 0.6) is 11.5 Å². The molecule has 1 heterocycles. The Bertz CT molecular complexity index is 1230. The summed E-state index contributed by atoms with van der Waals surface area (Å²) in [6.07, 6.45) is 0.612. The smallest absolute Gasteiger partial charge is 0.289 e. The molecule has 1 atom stereocenters. The molecule has 0 fully saturated rings. The highest BCUT2D eigenvalue weighted by Gasteiger charge is 2.40. The van der Waals surface area contributed by atoms with E-state index in [1.54, 1.807) is 19.1 Å². The van der Waals surface area contributed by atoms with Gasteiger partial charge < -0.3 is 19.5 Å². The number of methoxy groups -OCH3 is 2. The summed E-state index contributed by atoms with van der Waals surface area (Å²) < 4.78 is 10.8. The molecule has 0 bridgehead atoms. The SMILES string of the molecule is COc1ccc(CCN2C(=O)C(O)=C(c3ccc(C)cc3)[C@H]2c2ccc(C(C)C)cc2)cc1OC. The fraction of sp³-hybridized carbons (Fsp3) is 0.300. The summed E-state index contributed by atoms with van der Waals surface area (Å²) in [5.41, 5.74) is 5.87. The first-order chi connectivity index (χ1) is 16.8. The molecule has 35 heavy (non-hydrogen) atoms. The number of hydrogen-bond donors (Lipinski definition) is 1. The maximum atomic E-state index is 13.3. The van der Waals surface area contributed by atoms with Gasteiger partial charge in [0.05, 0.1) is 20.3 Å². The van der Waals surface area contributed by atoms with Crippen LogP contribution in [0.3, 0.4) is 0 Å². The fourth-order valence-corrected chi connectivity index (χ4v) is 4.61. The molecule has 3 aromatic carbocycles. The highest BCUT2D eigenvalue weighted by molar-refractivity contribution is 6.05. The second kappa shape index (κ2) is 10.3. The Balaban J connectivity index is 1.70. The third kappa shape index (κ3) is 4.90. The lowest BCUT2D eigenvalue weighted by Crippen LogP contribution is -2.32. The van der Waals surface area contributed by atoms with E-state index in [0.717, 1.165) is 22.3 Å². The van der Waals surface area contributed by atoms with Gasteiger partial charge in [0, 0.05) is 12.1 Å². The normalized spacial score (nSPS) is 15.8. The highest BCUT2D eigenvalue weighted by Crippen LogP contribution is 2.43. The summed E-state index contributed by atoms with van der Waals surface area (Å²) >= 11 is 0. The molecule has 5 heteroatoms. The minimum atomic E-state index is -0.369. The Morgan fingerprint density at radius 1 is 0.914 bits per heavy atom. The number of carbonyl (C=O) groups is 1. The van der Waals surface area contributed by atoms with Gasteiger partial charge in [0.1, 0.15) is 0 Å². The van der Waals surface area contributed by atoms with Crippen molar-refractivity contribution in [2.24, 2.45) is 0 Å². The molecule has 1 N–H and O–H groups in total. The van der Waals surface area contributed by atoms with Crippen molar-refractivity contribution in [3.63, 3.8) is 0 Å². The van der Waals surface area contributed by atoms with E-state index in [1.807, 2.05) is 49.4 Å². The summed E-state index contributed by atoms with van der Waals surface area (Å²) in [4.78, 5) is 15.1. The van der Waals surface area contributed by atoms with Crippen molar-refractivity contribution in [3.8, 4) is 11.5 Å².